The lowest BCUT2D eigenvalue weighted by Crippen LogP contribution is -2.43. The summed E-state index contributed by atoms with van der Waals surface area (Å²) in [5, 5.41) is 11.4. The summed E-state index contributed by atoms with van der Waals surface area (Å²) >= 11 is 0. The van der Waals surface area contributed by atoms with Crippen LogP contribution in [0.15, 0.2) is 28.9 Å². The van der Waals surface area contributed by atoms with Gasteiger partial charge in [0.25, 0.3) is 0 Å². The molecule has 0 bridgehead atoms. The van der Waals surface area contributed by atoms with Crippen LogP contribution in [-0.2, 0) is 9.53 Å². The van der Waals surface area contributed by atoms with E-state index >= 15 is 0 Å². The van der Waals surface area contributed by atoms with Gasteiger partial charge in [-0.15, -0.1) is 0 Å². The number of rotatable bonds is 5. The van der Waals surface area contributed by atoms with E-state index in [0.717, 1.165) is 0 Å². The predicted octanol–water partition coefficient (Wildman–Crippen LogP) is 2.66. The van der Waals surface area contributed by atoms with Crippen LogP contribution in [0.4, 0.5) is 4.79 Å². The highest BCUT2D eigenvalue weighted by molar-refractivity contribution is 5.80. The molecule has 6 heteroatoms. The number of aliphatic carboxylic acids is 1. The predicted molar refractivity (Wildman–Crippen MR) is 73.2 cm³/mol. The SMILES string of the molecule is CC(C)(C)OC(=O)N[C@@H](C/C=C/c1ccco1)C(=O)O. The van der Waals surface area contributed by atoms with Crippen molar-refractivity contribution in [2.24, 2.45) is 0 Å². The Hall–Kier alpha value is -2.24. The molecule has 1 aromatic rings. The summed E-state index contributed by atoms with van der Waals surface area (Å²) in [6, 6.07) is 2.43. The number of furan rings is 1. The Morgan fingerprint density at radius 3 is 2.70 bits per heavy atom. The normalized spacial score (nSPS) is 13.2. The average Bonchev–Trinajstić information content (AvgIpc) is 2.77. The summed E-state index contributed by atoms with van der Waals surface area (Å²) in [5.74, 6) is -0.508. The van der Waals surface area contributed by atoms with Crippen molar-refractivity contribution in [3.63, 3.8) is 0 Å². The molecule has 1 heterocycles. The molecular weight excluding hydrogens is 262 g/mol. The number of hydrogen-bond donors (Lipinski definition) is 2. The van der Waals surface area contributed by atoms with Gasteiger partial charge < -0.3 is 19.6 Å². The van der Waals surface area contributed by atoms with Crippen LogP contribution in [0.1, 0.15) is 33.0 Å². The van der Waals surface area contributed by atoms with Crippen LogP contribution in [0.2, 0.25) is 0 Å². The van der Waals surface area contributed by atoms with Crippen LogP contribution in [0.25, 0.3) is 6.08 Å². The Balaban J connectivity index is 2.53. The van der Waals surface area contributed by atoms with Crippen molar-refractivity contribution >= 4 is 18.1 Å². The van der Waals surface area contributed by atoms with E-state index in [0.29, 0.717) is 5.76 Å². The second-order valence-electron chi connectivity index (χ2n) is 5.19. The zero-order valence-corrected chi connectivity index (χ0v) is 11.8. The standard InChI is InChI=1S/C14H19NO5/c1-14(2,3)20-13(18)15-11(12(16)17)8-4-6-10-7-5-9-19-10/h4-7,9,11H,8H2,1-3H3,(H,15,18)(H,16,17)/b6-4+/t11-/m0/s1. The summed E-state index contributed by atoms with van der Waals surface area (Å²) in [6.45, 7) is 5.12. The van der Waals surface area contributed by atoms with Crippen molar-refractivity contribution < 1.29 is 23.8 Å². The Morgan fingerprint density at radius 2 is 2.20 bits per heavy atom. The van der Waals surface area contributed by atoms with Crippen LogP contribution >= 0.6 is 0 Å². The lowest BCUT2D eigenvalue weighted by atomic mass is 10.2. The first-order chi connectivity index (χ1) is 9.28. The zero-order chi connectivity index (χ0) is 15.2. The van der Waals surface area contributed by atoms with E-state index < -0.39 is 23.7 Å². The number of carboxylic acids is 1. The van der Waals surface area contributed by atoms with E-state index in [9.17, 15) is 9.59 Å². The molecule has 20 heavy (non-hydrogen) atoms. The smallest absolute Gasteiger partial charge is 0.408 e. The second kappa shape index (κ2) is 6.79. The number of alkyl carbamates (subject to hydrolysis) is 1. The number of carboxylic acid groups (broad SMARTS) is 1. The van der Waals surface area contributed by atoms with Crippen molar-refractivity contribution in [2.45, 2.75) is 38.8 Å². The Morgan fingerprint density at radius 1 is 1.50 bits per heavy atom. The molecule has 1 atom stereocenters. The van der Waals surface area contributed by atoms with E-state index in [4.69, 9.17) is 14.3 Å². The van der Waals surface area contributed by atoms with Crippen LogP contribution < -0.4 is 5.32 Å². The maximum Gasteiger partial charge on any atom is 0.408 e. The second-order valence-corrected chi connectivity index (χ2v) is 5.19. The van der Waals surface area contributed by atoms with Gasteiger partial charge in [-0.1, -0.05) is 6.08 Å². The molecule has 2 N–H and O–H groups in total. The molecule has 0 fully saturated rings. The van der Waals surface area contributed by atoms with E-state index in [2.05, 4.69) is 5.32 Å². The summed E-state index contributed by atoms with van der Waals surface area (Å²) in [5.41, 5.74) is -0.669. The third kappa shape index (κ3) is 6.08. The quantitative estimate of drug-likeness (QED) is 0.866. The molecule has 1 rings (SSSR count). The fourth-order valence-corrected chi connectivity index (χ4v) is 1.38. The molecule has 6 nitrogen and oxygen atoms in total. The molecule has 0 radical (unpaired) electrons. The molecule has 1 amide bonds. The monoisotopic (exact) mass is 281 g/mol. The molecule has 0 aromatic carbocycles. The van der Waals surface area contributed by atoms with Crippen molar-refractivity contribution in [3.05, 3.63) is 30.2 Å². The maximum absolute atomic E-state index is 11.5. The molecule has 0 aliphatic heterocycles. The van der Waals surface area contributed by atoms with Crippen LogP contribution in [0, 0.1) is 0 Å². The van der Waals surface area contributed by atoms with Gasteiger partial charge >= 0.3 is 12.1 Å². The number of hydrogen-bond acceptors (Lipinski definition) is 4. The van der Waals surface area contributed by atoms with Gasteiger partial charge in [-0.25, -0.2) is 9.59 Å². The lowest BCUT2D eigenvalue weighted by molar-refractivity contribution is -0.139. The van der Waals surface area contributed by atoms with Gasteiger partial charge in [-0.3, -0.25) is 0 Å². The van der Waals surface area contributed by atoms with Gasteiger partial charge in [0.15, 0.2) is 0 Å². The van der Waals surface area contributed by atoms with Crippen LogP contribution in [-0.4, -0.2) is 28.8 Å². The molecule has 0 saturated heterocycles. The third-order valence-corrected chi connectivity index (χ3v) is 2.19. The van der Waals surface area contributed by atoms with Crippen LogP contribution in [0.3, 0.4) is 0 Å². The summed E-state index contributed by atoms with van der Waals surface area (Å²) in [4.78, 5) is 22.6. The summed E-state index contributed by atoms with van der Waals surface area (Å²) in [7, 11) is 0. The van der Waals surface area contributed by atoms with Gasteiger partial charge in [0.05, 0.1) is 6.26 Å². The van der Waals surface area contributed by atoms with Gasteiger partial charge in [0, 0.05) is 0 Å². The number of ether oxygens (including phenoxy) is 1. The first-order valence-corrected chi connectivity index (χ1v) is 6.20. The van der Waals surface area contributed by atoms with E-state index in [1.165, 1.54) is 6.26 Å². The Labute approximate surface area is 117 Å². The fourth-order valence-electron chi connectivity index (χ4n) is 1.38. The molecule has 0 unspecified atom stereocenters. The van der Waals surface area contributed by atoms with Gasteiger partial charge in [-0.05, 0) is 45.4 Å². The number of nitrogens with one attached hydrogen (secondary N) is 1. The van der Waals surface area contributed by atoms with Crippen molar-refractivity contribution in [2.75, 3.05) is 0 Å². The number of carbonyl (C=O) groups excluding carboxylic acids is 1. The van der Waals surface area contributed by atoms with Crippen molar-refractivity contribution in [3.8, 4) is 0 Å². The van der Waals surface area contributed by atoms with Gasteiger partial charge in [0.1, 0.15) is 17.4 Å². The molecule has 110 valence electrons. The maximum atomic E-state index is 11.5. The van der Waals surface area contributed by atoms with E-state index in [-0.39, 0.29) is 6.42 Å². The number of carbonyl (C=O) groups is 2. The molecule has 0 spiro atoms. The molecule has 0 aliphatic rings. The topological polar surface area (TPSA) is 88.8 Å². The molecular formula is C14H19NO5. The third-order valence-electron chi connectivity index (χ3n) is 2.19. The van der Waals surface area contributed by atoms with Gasteiger partial charge in [-0.2, -0.15) is 0 Å². The largest absolute Gasteiger partial charge is 0.480 e. The molecule has 0 aliphatic carbocycles. The van der Waals surface area contributed by atoms with Gasteiger partial charge in [0.2, 0.25) is 0 Å². The van der Waals surface area contributed by atoms with Crippen molar-refractivity contribution in [1.82, 2.24) is 5.32 Å². The first kappa shape index (κ1) is 15.8. The van der Waals surface area contributed by atoms with E-state index in [1.807, 2.05) is 0 Å². The minimum Gasteiger partial charge on any atom is -0.480 e. The minimum absolute atomic E-state index is 0.134. The highest BCUT2D eigenvalue weighted by Crippen LogP contribution is 2.08. The first-order valence-electron chi connectivity index (χ1n) is 6.20. The average molecular weight is 281 g/mol. The number of amides is 1. The molecule has 1 aromatic heterocycles. The Kier molecular flexibility index (Phi) is 5.37. The molecule has 0 saturated carbocycles. The van der Waals surface area contributed by atoms with Crippen LogP contribution in [0.5, 0.6) is 0 Å². The highest BCUT2D eigenvalue weighted by atomic mass is 16.6. The fraction of sp³-hybridized carbons (Fsp3) is 0.429. The van der Waals surface area contributed by atoms with E-state index in [1.54, 1.807) is 45.1 Å². The summed E-state index contributed by atoms with van der Waals surface area (Å²) in [6.07, 6.45) is 4.17. The lowest BCUT2D eigenvalue weighted by Gasteiger charge is -2.21. The highest BCUT2D eigenvalue weighted by Gasteiger charge is 2.22. The summed E-state index contributed by atoms with van der Waals surface area (Å²) < 4.78 is 10.1. The minimum atomic E-state index is -1.13. The zero-order valence-electron chi connectivity index (χ0n) is 11.8. The Bertz CT molecular complexity index is 470. The van der Waals surface area contributed by atoms with Crippen molar-refractivity contribution in [1.29, 1.82) is 0 Å².